The summed E-state index contributed by atoms with van der Waals surface area (Å²) in [4.78, 5) is 10.5. The number of sulfonamides is 1. The van der Waals surface area contributed by atoms with Gasteiger partial charge in [0.1, 0.15) is 0 Å². The molecule has 0 unspecified atom stereocenters. The first-order valence-electron chi connectivity index (χ1n) is 6.64. The molecule has 2 fully saturated rings. The van der Waals surface area contributed by atoms with E-state index in [2.05, 4.69) is 30.8 Å². The average Bonchev–Trinajstić information content (AvgIpc) is 3.18. The van der Waals surface area contributed by atoms with Crippen molar-refractivity contribution in [2.24, 2.45) is 5.92 Å². The molecule has 1 aliphatic carbocycles. The molecule has 2 aliphatic rings. The first-order chi connectivity index (χ1) is 9.46. The molecule has 3 rings (SSSR count). The summed E-state index contributed by atoms with van der Waals surface area (Å²) in [6, 6.07) is 0. The quantitative estimate of drug-likeness (QED) is 0.786. The Hall–Kier alpha value is -0.730. The smallest absolute Gasteiger partial charge is 0.225 e. The van der Waals surface area contributed by atoms with E-state index in [0.717, 1.165) is 30.4 Å². The highest BCUT2D eigenvalue weighted by Crippen LogP contribution is 2.31. The van der Waals surface area contributed by atoms with Crippen LogP contribution in [0.4, 0.5) is 5.95 Å². The van der Waals surface area contributed by atoms with E-state index in [1.807, 2.05) is 0 Å². The monoisotopic (exact) mass is 360 g/mol. The minimum atomic E-state index is -3.05. The van der Waals surface area contributed by atoms with Crippen LogP contribution >= 0.6 is 15.9 Å². The molecule has 0 N–H and O–H groups in total. The van der Waals surface area contributed by atoms with Crippen molar-refractivity contribution in [2.75, 3.05) is 31.6 Å². The van der Waals surface area contributed by atoms with Crippen LogP contribution in [0.25, 0.3) is 0 Å². The number of hydrogen-bond acceptors (Lipinski definition) is 5. The van der Waals surface area contributed by atoms with Crippen molar-refractivity contribution in [3.05, 3.63) is 16.9 Å². The number of hydrogen-bond donors (Lipinski definition) is 0. The summed E-state index contributed by atoms with van der Waals surface area (Å²) < 4.78 is 26.5. The lowest BCUT2D eigenvalue weighted by atomic mass is 10.0. The summed E-state index contributed by atoms with van der Waals surface area (Å²) >= 11 is 3.30. The fourth-order valence-corrected chi connectivity index (χ4v) is 4.27. The van der Waals surface area contributed by atoms with E-state index in [1.165, 1.54) is 4.31 Å². The minimum Gasteiger partial charge on any atom is -0.340 e. The molecule has 110 valence electrons. The van der Waals surface area contributed by atoms with Crippen LogP contribution in [-0.4, -0.2) is 54.6 Å². The predicted octanol–water partition coefficient (Wildman–Crippen LogP) is 1.10. The largest absolute Gasteiger partial charge is 0.340 e. The van der Waals surface area contributed by atoms with Gasteiger partial charge >= 0.3 is 0 Å². The highest BCUT2D eigenvalue weighted by Gasteiger charge is 2.40. The van der Waals surface area contributed by atoms with Gasteiger partial charge in [0, 0.05) is 45.0 Å². The van der Waals surface area contributed by atoms with Crippen LogP contribution in [0.15, 0.2) is 16.9 Å². The second-order valence-corrected chi connectivity index (χ2v) is 8.73. The molecule has 8 heteroatoms. The zero-order chi connectivity index (χ0) is 14.3. The van der Waals surface area contributed by atoms with Crippen LogP contribution in [0.1, 0.15) is 12.8 Å². The fourth-order valence-electron chi connectivity index (χ4n) is 2.41. The summed E-state index contributed by atoms with van der Waals surface area (Å²) in [5.74, 6) is 1.07. The summed E-state index contributed by atoms with van der Waals surface area (Å²) in [6.07, 6.45) is 5.07. The van der Waals surface area contributed by atoms with Crippen molar-refractivity contribution in [1.82, 2.24) is 14.3 Å². The molecule has 1 saturated carbocycles. The second-order valence-electron chi connectivity index (χ2n) is 5.50. The number of rotatable bonds is 5. The van der Waals surface area contributed by atoms with Crippen LogP contribution in [0.5, 0.6) is 0 Å². The predicted molar refractivity (Wildman–Crippen MR) is 80.0 cm³/mol. The normalized spacial score (nSPS) is 20.2. The van der Waals surface area contributed by atoms with Crippen molar-refractivity contribution >= 4 is 31.9 Å². The third-order valence-corrected chi connectivity index (χ3v) is 6.48. The Morgan fingerprint density at radius 3 is 2.50 bits per heavy atom. The van der Waals surface area contributed by atoms with Gasteiger partial charge in [0.25, 0.3) is 0 Å². The molecule has 20 heavy (non-hydrogen) atoms. The van der Waals surface area contributed by atoms with Crippen molar-refractivity contribution in [2.45, 2.75) is 18.1 Å². The Balaban J connectivity index is 1.52. The number of nitrogens with zero attached hydrogens (tertiary/aromatic N) is 4. The summed E-state index contributed by atoms with van der Waals surface area (Å²) in [7, 11) is -1.36. The van der Waals surface area contributed by atoms with Crippen molar-refractivity contribution in [3.8, 4) is 0 Å². The van der Waals surface area contributed by atoms with Crippen LogP contribution in [0, 0.1) is 5.92 Å². The van der Waals surface area contributed by atoms with Crippen molar-refractivity contribution < 1.29 is 8.42 Å². The lowest BCUT2D eigenvalue weighted by Gasteiger charge is -2.40. The Morgan fingerprint density at radius 2 is 1.95 bits per heavy atom. The van der Waals surface area contributed by atoms with Crippen molar-refractivity contribution in [3.63, 3.8) is 0 Å². The molecule has 0 aromatic carbocycles. The Kier molecular flexibility index (Phi) is 3.72. The molecule has 0 radical (unpaired) electrons. The second kappa shape index (κ2) is 5.23. The third-order valence-electron chi connectivity index (χ3n) is 3.74. The Labute approximate surface area is 127 Å². The molecule has 0 amide bonds. The molecule has 0 atom stereocenters. The molecule has 1 aliphatic heterocycles. The van der Waals surface area contributed by atoms with Gasteiger partial charge in [0.05, 0.1) is 9.72 Å². The van der Waals surface area contributed by atoms with E-state index in [0.29, 0.717) is 18.4 Å². The number of anilines is 1. The van der Waals surface area contributed by atoms with E-state index >= 15 is 0 Å². The van der Waals surface area contributed by atoms with Gasteiger partial charge in [-0.15, -0.1) is 0 Å². The van der Waals surface area contributed by atoms with E-state index in [-0.39, 0.29) is 5.25 Å². The third kappa shape index (κ3) is 2.82. The minimum absolute atomic E-state index is 0.126. The molecule has 0 bridgehead atoms. The van der Waals surface area contributed by atoms with E-state index in [4.69, 9.17) is 0 Å². The summed E-state index contributed by atoms with van der Waals surface area (Å²) in [6.45, 7) is 2.21. The van der Waals surface area contributed by atoms with Crippen LogP contribution in [0.2, 0.25) is 0 Å². The molecular formula is C12H17BrN4O2S. The van der Waals surface area contributed by atoms with Gasteiger partial charge in [0.2, 0.25) is 16.0 Å². The molecule has 1 saturated heterocycles. The zero-order valence-electron chi connectivity index (χ0n) is 11.2. The average molecular weight is 361 g/mol. The zero-order valence-corrected chi connectivity index (χ0v) is 13.6. The molecule has 1 aromatic heterocycles. The lowest BCUT2D eigenvalue weighted by molar-refractivity contribution is 0.324. The molecule has 6 nitrogen and oxygen atoms in total. The molecule has 0 spiro atoms. The van der Waals surface area contributed by atoms with Gasteiger partial charge in [-0.05, 0) is 28.8 Å². The maximum absolute atomic E-state index is 12.0. The highest BCUT2D eigenvalue weighted by molar-refractivity contribution is 9.10. The van der Waals surface area contributed by atoms with Gasteiger partial charge in [-0.25, -0.2) is 22.7 Å². The molecule has 1 aromatic rings. The van der Waals surface area contributed by atoms with Gasteiger partial charge in [-0.1, -0.05) is 0 Å². The summed E-state index contributed by atoms with van der Waals surface area (Å²) in [5, 5.41) is -0.126. The summed E-state index contributed by atoms with van der Waals surface area (Å²) in [5.41, 5.74) is 0. The Morgan fingerprint density at radius 1 is 1.35 bits per heavy atom. The van der Waals surface area contributed by atoms with Gasteiger partial charge in [0.15, 0.2) is 0 Å². The molecule has 2 heterocycles. The molecular weight excluding hydrogens is 344 g/mol. The first-order valence-corrected chi connectivity index (χ1v) is 8.94. The van der Waals surface area contributed by atoms with Crippen LogP contribution < -0.4 is 4.90 Å². The van der Waals surface area contributed by atoms with Gasteiger partial charge in [-0.2, -0.15) is 0 Å². The van der Waals surface area contributed by atoms with Crippen LogP contribution in [-0.2, 0) is 10.0 Å². The van der Waals surface area contributed by atoms with E-state index in [1.54, 1.807) is 19.4 Å². The Bertz CT molecular complexity index is 582. The maximum Gasteiger partial charge on any atom is 0.225 e. The van der Waals surface area contributed by atoms with Gasteiger partial charge in [-0.3, -0.25) is 0 Å². The SMILES string of the molecule is CN(CC1CN(c2ncc(Br)cn2)C1)S(=O)(=O)C1CC1. The van der Waals surface area contributed by atoms with E-state index < -0.39 is 10.0 Å². The maximum atomic E-state index is 12.0. The van der Waals surface area contributed by atoms with Gasteiger partial charge < -0.3 is 4.90 Å². The first kappa shape index (κ1) is 14.2. The van der Waals surface area contributed by atoms with Crippen molar-refractivity contribution in [1.29, 1.82) is 0 Å². The lowest BCUT2D eigenvalue weighted by Crippen LogP contribution is -2.52. The standard InChI is InChI=1S/C12H17BrN4O2S/c1-16(20(18,19)11-2-3-11)6-9-7-17(8-9)12-14-4-10(13)5-15-12/h4-5,9,11H,2-3,6-8H2,1H3. The number of halogens is 1. The topological polar surface area (TPSA) is 66.4 Å². The fraction of sp³-hybridized carbons (Fsp3) is 0.667. The highest BCUT2D eigenvalue weighted by atomic mass is 79.9. The number of aromatic nitrogens is 2. The van der Waals surface area contributed by atoms with Crippen LogP contribution in [0.3, 0.4) is 0 Å². The van der Waals surface area contributed by atoms with E-state index in [9.17, 15) is 8.42 Å².